The molecule has 6 nitrogen and oxygen atoms in total. The number of aryl methyl sites for hydroxylation is 1. The smallest absolute Gasteiger partial charge is 0.305 e. The van der Waals surface area contributed by atoms with E-state index in [2.05, 4.69) is 10.3 Å². The van der Waals surface area contributed by atoms with Gasteiger partial charge in [-0.15, -0.1) is 5.10 Å². The van der Waals surface area contributed by atoms with Crippen LogP contribution in [-0.2, 0) is 29.8 Å². The van der Waals surface area contributed by atoms with Crippen LogP contribution in [0.4, 0.5) is 0 Å². The molecule has 0 amide bonds. The minimum Gasteiger partial charge on any atom is -0.487 e. The Balaban J connectivity index is 1.83. The molecule has 0 radical (unpaired) electrons. The Morgan fingerprint density at radius 3 is 2.60 bits per heavy atom. The second-order valence-electron chi connectivity index (χ2n) is 4.33. The Labute approximate surface area is 117 Å². The average molecular weight is 275 g/mol. The summed E-state index contributed by atoms with van der Waals surface area (Å²) in [6, 6.07) is 7.42. The fourth-order valence-corrected chi connectivity index (χ4v) is 1.57. The second kappa shape index (κ2) is 6.70. The van der Waals surface area contributed by atoms with Gasteiger partial charge >= 0.3 is 5.97 Å². The molecule has 0 unspecified atom stereocenters. The van der Waals surface area contributed by atoms with Gasteiger partial charge in [0.1, 0.15) is 24.7 Å². The van der Waals surface area contributed by atoms with Crippen LogP contribution in [0.5, 0.6) is 5.75 Å². The normalized spacial score (nSPS) is 10.3. The van der Waals surface area contributed by atoms with Crippen molar-refractivity contribution < 1.29 is 14.3 Å². The Bertz CT molecular complexity index is 563. The van der Waals surface area contributed by atoms with E-state index in [-0.39, 0.29) is 12.6 Å². The molecular weight excluding hydrogens is 258 g/mol. The molecule has 1 aromatic heterocycles. The lowest BCUT2D eigenvalue weighted by atomic mass is 10.2. The lowest BCUT2D eigenvalue weighted by Crippen LogP contribution is -2.02. The van der Waals surface area contributed by atoms with E-state index in [0.717, 1.165) is 17.0 Å². The Morgan fingerprint density at radius 1 is 1.25 bits per heavy atom. The maximum atomic E-state index is 11.1. The number of ether oxygens (including phenoxy) is 2. The van der Waals surface area contributed by atoms with Gasteiger partial charge < -0.3 is 9.47 Å². The summed E-state index contributed by atoms with van der Waals surface area (Å²) in [5.74, 6) is 0.536. The second-order valence-corrected chi connectivity index (χ2v) is 4.33. The van der Waals surface area contributed by atoms with Crippen molar-refractivity contribution in [1.82, 2.24) is 15.0 Å². The van der Waals surface area contributed by atoms with Crippen molar-refractivity contribution in [2.24, 2.45) is 7.05 Å². The third-order valence-corrected chi connectivity index (χ3v) is 2.65. The molecule has 0 aliphatic carbocycles. The van der Waals surface area contributed by atoms with Crippen molar-refractivity contribution in [2.45, 2.75) is 26.6 Å². The summed E-state index contributed by atoms with van der Waals surface area (Å²) < 4.78 is 12.3. The first-order chi connectivity index (χ1) is 9.67. The van der Waals surface area contributed by atoms with Gasteiger partial charge in [-0.25, -0.2) is 0 Å². The zero-order valence-corrected chi connectivity index (χ0v) is 11.6. The van der Waals surface area contributed by atoms with Crippen LogP contribution in [0.15, 0.2) is 30.5 Å². The molecule has 2 rings (SSSR count). The van der Waals surface area contributed by atoms with E-state index < -0.39 is 0 Å². The van der Waals surface area contributed by atoms with Gasteiger partial charge in [0.15, 0.2) is 0 Å². The predicted molar refractivity (Wildman–Crippen MR) is 71.9 cm³/mol. The van der Waals surface area contributed by atoms with Gasteiger partial charge in [0.2, 0.25) is 0 Å². The first kappa shape index (κ1) is 14.0. The summed E-state index contributed by atoms with van der Waals surface area (Å²) >= 11 is 0. The monoisotopic (exact) mass is 275 g/mol. The molecule has 106 valence electrons. The van der Waals surface area contributed by atoms with E-state index in [1.165, 1.54) is 0 Å². The maximum Gasteiger partial charge on any atom is 0.305 e. The summed E-state index contributed by atoms with van der Waals surface area (Å²) in [7, 11) is 1.81. The fraction of sp³-hybridized carbons (Fsp3) is 0.357. The summed E-state index contributed by atoms with van der Waals surface area (Å²) in [4.78, 5) is 11.1. The van der Waals surface area contributed by atoms with Gasteiger partial charge in [-0.05, 0) is 17.7 Å². The molecule has 0 saturated carbocycles. The van der Waals surface area contributed by atoms with E-state index >= 15 is 0 Å². The van der Waals surface area contributed by atoms with Crippen LogP contribution < -0.4 is 4.74 Å². The number of benzene rings is 1. The van der Waals surface area contributed by atoms with E-state index in [1.54, 1.807) is 17.8 Å². The Kier molecular flexibility index (Phi) is 4.70. The quantitative estimate of drug-likeness (QED) is 0.753. The fourth-order valence-electron chi connectivity index (χ4n) is 1.57. The van der Waals surface area contributed by atoms with E-state index in [4.69, 9.17) is 9.47 Å². The van der Waals surface area contributed by atoms with Crippen LogP contribution in [0, 0.1) is 0 Å². The molecular formula is C14H17N3O3. The van der Waals surface area contributed by atoms with Crippen molar-refractivity contribution in [1.29, 1.82) is 0 Å². The zero-order valence-electron chi connectivity index (χ0n) is 11.6. The number of hydrogen-bond acceptors (Lipinski definition) is 5. The number of rotatable bonds is 6. The highest BCUT2D eigenvalue weighted by Gasteiger charge is 2.02. The molecule has 0 fully saturated rings. The summed E-state index contributed by atoms with van der Waals surface area (Å²) in [5, 5.41) is 7.77. The topological polar surface area (TPSA) is 66.2 Å². The predicted octanol–water partition coefficient (Wildman–Crippen LogP) is 1.85. The van der Waals surface area contributed by atoms with Crippen molar-refractivity contribution in [3.05, 3.63) is 41.7 Å². The number of aromatic nitrogens is 3. The molecule has 0 spiro atoms. The number of carbonyl (C=O) groups is 1. The van der Waals surface area contributed by atoms with Crippen LogP contribution in [-0.4, -0.2) is 21.0 Å². The van der Waals surface area contributed by atoms with Gasteiger partial charge in [0, 0.05) is 13.5 Å². The molecule has 0 aliphatic rings. The summed E-state index contributed by atoms with van der Waals surface area (Å²) in [6.45, 7) is 2.43. The molecule has 0 bridgehead atoms. The maximum absolute atomic E-state index is 11.1. The summed E-state index contributed by atoms with van der Waals surface area (Å²) in [5.41, 5.74) is 1.70. The van der Waals surface area contributed by atoms with E-state index in [9.17, 15) is 4.79 Å². The molecule has 0 atom stereocenters. The highest BCUT2D eigenvalue weighted by atomic mass is 16.5. The molecule has 0 N–H and O–H groups in total. The van der Waals surface area contributed by atoms with Gasteiger partial charge in [-0.1, -0.05) is 24.3 Å². The molecule has 20 heavy (non-hydrogen) atoms. The molecule has 0 saturated heterocycles. The highest BCUT2D eigenvalue weighted by molar-refractivity contribution is 5.68. The standard InChI is InChI=1S/C14H17N3O3/c1-3-14(18)20-9-11-4-6-13(7-5-11)19-10-12-8-17(2)16-15-12/h4-8H,3,9-10H2,1-2H3. The first-order valence-corrected chi connectivity index (χ1v) is 6.40. The lowest BCUT2D eigenvalue weighted by molar-refractivity contribution is -0.144. The Hall–Kier alpha value is -2.37. The minimum atomic E-state index is -0.201. The number of hydrogen-bond donors (Lipinski definition) is 0. The molecule has 2 aromatic rings. The number of esters is 1. The van der Waals surface area contributed by atoms with Gasteiger partial charge in [0.05, 0.1) is 6.20 Å². The van der Waals surface area contributed by atoms with E-state index in [1.807, 2.05) is 31.3 Å². The first-order valence-electron chi connectivity index (χ1n) is 6.40. The van der Waals surface area contributed by atoms with Gasteiger partial charge in [0.25, 0.3) is 0 Å². The molecule has 1 aromatic carbocycles. The SMILES string of the molecule is CCC(=O)OCc1ccc(OCc2cn(C)nn2)cc1. The van der Waals surface area contributed by atoms with Crippen molar-refractivity contribution in [3.63, 3.8) is 0 Å². The lowest BCUT2D eigenvalue weighted by Gasteiger charge is -2.06. The van der Waals surface area contributed by atoms with Crippen LogP contribution in [0.2, 0.25) is 0 Å². The van der Waals surface area contributed by atoms with Crippen molar-refractivity contribution in [3.8, 4) is 5.75 Å². The molecule has 6 heteroatoms. The van der Waals surface area contributed by atoms with Crippen LogP contribution in [0.1, 0.15) is 24.6 Å². The van der Waals surface area contributed by atoms with Crippen LogP contribution >= 0.6 is 0 Å². The van der Waals surface area contributed by atoms with Crippen molar-refractivity contribution in [2.75, 3.05) is 0 Å². The summed E-state index contributed by atoms with van der Waals surface area (Å²) in [6.07, 6.45) is 2.19. The average Bonchev–Trinajstić information content (AvgIpc) is 2.89. The minimum absolute atomic E-state index is 0.201. The van der Waals surface area contributed by atoms with Crippen LogP contribution in [0.3, 0.4) is 0 Å². The van der Waals surface area contributed by atoms with Crippen molar-refractivity contribution >= 4 is 5.97 Å². The van der Waals surface area contributed by atoms with Gasteiger partial charge in [-0.3, -0.25) is 9.48 Å². The molecule has 1 heterocycles. The molecule has 0 aliphatic heterocycles. The third kappa shape index (κ3) is 4.08. The number of nitrogens with zero attached hydrogens (tertiary/aromatic N) is 3. The third-order valence-electron chi connectivity index (χ3n) is 2.65. The van der Waals surface area contributed by atoms with Gasteiger partial charge in [-0.2, -0.15) is 0 Å². The zero-order chi connectivity index (χ0) is 14.4. The number of carbonyl (C=O) groups excluding carboxylic acids is 1. The highest BCUT2D eigenvalue weighted by Crippen LogP contribution is 2.14. The largest absolute Gasteiger partial charge is 0.487 e. The van der Waals surface area contributed by atoms with E-state index in [0.29, 0.717) is 13.0 Å². The van der Waals surface area contributed by atoms with Crippen LogP contribution in [0.25, 0.3) is 0 Å². The Morgan fingerprint density at radius 2 is 2.00 bits per heavy atom.